The molecule has 3 rings (SSSR count). The van der Waals surface area contributed by atoms with Crippen LogP contribution < -0.4 is 10.2 Å². The first kappa shape index (κ1) is 15.5. The van der Waals surface area contributed by atoms with Gasteiger partial charge in [0, 0.05) is 44.1 Å². The summed E-state index contributed by atoms with van der Waals surface area (Å²) in [5, 5.41) is 9.84. The highest BCUT2D eigenvalue weighted by molar-refractivity contribution is 5.76. The molecular formula is C16H22N6O. The SMILES string of the molecule is O=C(CCCc1cn[nH]c1)N[C@H]1CCCN(c2cnccn2)C1. The fraction of sp³-hybridized carbons (Fsp3) is 0.500. The molecule has 1 saturated heterocycles. The van der Waals surface area contributed by atoms with Crippen LogP contribution in [0.4, 0.5) is 5.82 Å². The van der Waals surface area contributed by atoms with Crippen LogP contribution in [0.25, 0.3) is 0 Å². The second-order valence-electron chi connectivity index (χ2n) is 5.88. The van der Waals surface area contributed by atoms with Crippen molar-refractivity contribution in [2.24, 2.45) is 0 Å². The minimum absolute atomic E-state index is 0.125. The third kappa shape index (κ3) is 4.51. The van der Waals surface area contributed by atoms with Gasteiger partial charge in [0.2, 0.25) is 5.91 Å². The van der Waals surface area contributed by atoms with Crippen LogP contribution in [0, 0.1) is 0 Å². The lowest BCUT2D eigenvalue weighted by atomic mass is 10.1. The third-order valence-corrected chi connectivity index (χ3v) is 4.08. The van der Waals surface area contributed by atoms with Gasteiger partial charge in [-0.25, -0.2) is 4.98 Å². The minimum atomic E-state index is 0.125. The molecule has 122 valence electrons. The number of aromatic nitrogens is 4. The monoisotopic (exact) mass is 314 g/mol. The fourth-order valence-corrected chi connectivity index (χ4v) is 2.92. The Kier molecular flexibility index (Phi) is 5.18. The van der Waals surface area contributed by atoms with Crippen LogP contribution in [0.3, 0.4) is 0 Å². The van der Waals surface area contributed by atoms with Crippen molar-refractivity contribution in [2.45, 2.75) is 38.1 Å². The number of carbonyl (C=O) groups is 1. The van der Waals surface area contributed by atoms with Crippen molar-refractivity contribution in [1.29, 1.82) is 0 Å². The predicted octanol–water partition coefficient (Wildman–Crippen LogP) is 1.31. The van der Waals surface area contributed by atoms with Gasteiger partial charge in [-0.3, -0.25) is 14.9 Å². The zero-order valence-electron chi connectivity index (χ0n) is 13.1. The van der Waals surface area contributed by atoms with Gasteiger partial charge in [0.15, 0.2) is 0 Å². The molecule has 2 aromatic heterocycles. The quantitative estimate of drug-likeness (QED) is 0.839. The Morgan fingerprint density at radius 3 is 3.13 bits per heavy atom. The normalized spacial score (nSPS) is 17.9. The highest BCUT2D eigenvalue weighted by Gasteiger charge is 2.22. The molecule has 0 unspecified atom stereocenters. The summed E-state index contributed by atoms with van der Waals surface area (Å²) in [5.74, 6) is 1.01. The van der Waals surface area contributed by atoms with Crippen molar-refractivity contribution in [3.05, 3.63) is 36.5 Å². The molecule has 1 aliphatic heterocycles. The number of anilines is 1. The number of nitrogens with one attached hydrogen (secondary N) is 2. The van der Waals surface area contributed by atoms with E-state index in [0.717, 1.165) is 50.2 Å². The number of H-pyrrole nitrogens is 1. The number of amides is 1. The fourth-order valence-electron chi connectivity index (χ4n) is 2.92. The molecule has 2 aromatic rings. The summed E-state index contributed by atoms with van der Waals surface area (Å²) in [6.07, 6.45) is 13.2. The van der Waals surface area contributed by atoms with Gasteiger partial charge in [-0.05, 0) is 31.2 Å². The van der Waals surface area contributed by atoms with Crippen LogP contribution in [0.2, 0.25) is 0 Å². The zero-order chi connectivity index (χ0) is 15.9. The van der Waals surface area contributed by atoms with E-state index < -0.39 is 0 Å². The number of rotatable bonds is 6. The van der Waals surface area contributed by atoms with Crippen molar-refractivity contribution < 1.29 is 4.79 Å². The van der Waals surface area contributed by atoms with E-state index in [4.69, 9.17) is 0 Å². The van der Waals surface area contributed by atoms with Crippen LogP contribution in [0.5, 0.6) is 0 Å². The first-order valence-corrected chi connectivity index (χ1v) is 8.09. The van der Waals surface area contributed by atoms with Gasteiger partial charge >= 0.3 is 0 Å². The molecule has 1 atom stereocenters. The van der Waals surface area contributed by atoms with E-state index in [1.165, 1.54) is 0 Å². The van der Waals surface area contributed by atoms with Crippen LogP contribution in [-0.2, 0) is 11.2 Å². The smallest absolute Gasteiger partial charge is 0.220 e. The van der Waals surface area contributed by atoms with Crippen molar-refractivity contribution in [3.63, 3.8) is 0 Å². The van der Waals surface area contributed by atoms with Gasteiger partial charge < -0.3 is 10.2 Å². The van der Waals surface area contributed by atoms with Crippen molar-refractivity contribution in [1.82, 2.24) is 25.5 Å². The van der Waals surface area contributed by atoms with E-state index in [-0.39, 0.29) is 11.9 Å². The first-order valence-electron chi connectivity index (χ1n) is 8.09. The van der Waals surface area contributed by atoms with Crippen LogP contribution in [-0.4, -0.2) is 45.2 Å². The van der Waals surface area contributed by atoms with E-state index >= 15 is 0 Å². The molecule has 7 heteroatoms. The van der Waals surface area contributed by atoms with Gasteiger partial charge in [-0.2, -0.15) is 5.10 Å². The molecule has 1 aliphatic rings. The minimum Gasteiger partial charge on any atom is -0.353 e. The largest absolute Gasteiger partial charge is 0.353 e. The summed E-state index contributed by atoms with van der Waals surface area (Å²) >= 11 is 0. The Labute approximate surface area is 135 Å². The van der Waals surface area contributed by atoms with Gasteiger partial charge in [0.05, 0.1) is 12.4 Å². The maximum Gasteiger partial charge on any atom is 0.220 e. The number of nitrogens with zero attached hydrogens (tertiary/aromatic N) is 4. The summed E-state index contributed by atoms with van der Waals surface area (Å²) in [6, 6.07) is 0.187. The number of hydrogen-bond acceptors (Lipinski definition) is 5. The summed E-state index contributed by atoms with van der Waals surface area (Å²) in [7, 11) is 0. The molecule has 2 N–H and O–H groups in total. The number of hydrogen-bond donors (Lipinski definition) is 2. The summed E-state index contributed by atoms with van der Waals surface area (Å²) in [4.78, 5) is 22.7. The van der Waals surface area contributed by atoms with E-state index in [1.54, 1.807) is 24.8 Å². The summed E-state index contributed by atoms with van der Waals surface area (Å²) in [5.41, 5.74) is 1.14. The standard InChI is InChI=1S/C16H22N6O/c23-16(5-1-3-13-9-19-20-10-13)21-14-4-2-8-22(12-14)15-11-17-6-7-18-15/h6-7,9-11,14H,1-5,8,12H2,(H,19,20)(H,21,23)/t14-/m0/s1. The molecular weight excluding hydrogens is 292 g/mol. The van der Waals surface area contributed by atoms with Gasteiger partial charge in [0.1, 0.15) is 5.82 Å². The lowest BCUT2D eigenvalue weighted by Gasteiger charge is -2.33. The Morgan fingerprint density at radius 2 is 2.35 bits per heavy atom. The number of carbonyl (C=O) groups excluding carboxylic acids is 1. The van der Waals surface area contributed by atoms with Gasteiger partial charge in [-0.1, -0.05) is 0 Å². The number of piperidine rings is 1. The molecule has 0 radical (unpaired) electrons. The molecule has 23 heavy (non-hydrogen) atoms. The summed E-state index contributed by atoms with van der Waals surface area (Å²) in [6.45, 7) is 1.76. The van der Waals surface area contributed by atoms with Crippen molar-refractivity contribution in [3.8, 4) is 0 Å². The molecule has 0 bridgehead atoms. The summed E-state index contributed by atoms with van der Waals surface area (Å²) < 4.78 is 0. The molecule has 0 aromatic carbocycles. The Hall–Kier alpha value is -2.44. The lowest BCUT2D eigenvalue weighted by Crippen LogP contribution is -2.48. The molecule has 0 saturated carbocycles. The Bertz CT molecular complexity index is 600. The predicted molar refractivity (Wildman–Crippen MR) is 86.9 cm³/mol. The second-order valence-corrected chi connectivity index (χ2v) is 5.88. The van der Waals surface area contributed by atoms with E-state index in [9.17, 15) is 4.79 Å². The Morgan fingerprint density at radius 1 is 1.39 bits per heavy atom. The molecule has 0 spiro atoms. The first-order chi connectivity index (χ1) is 11.3. The molecule has 0 aliphatic carbocycles. The van der Waals surface area contributed by atoms with Crippen molar-refractivity contribution in [2.75, 3.05) is 18.0 Å². The second kappa shape index (κ2) is 7.71. The maximum absolute atomic E-state index is 12.1. The topological polar surface area (TPSA) is 86.8 Å². The lowest BCUT2D eigenvalue weighted by molar-refractivity contribution is -0.121. The molecule has 3 heterocycles. The maximum atomic E-state index is 12.1. The average molecular weight is 314 g/mol. The molecule has 1 fully saturated rings. The number of aryl methyl sites for hydroxylation is 1. The van der Waals surface area contributed by atoms with Crippen molar-refractivity contribution >= 4 is 11.7 Å². The van der Waals surface area contributed by atoms with E-state index in [1.807, 2.05) is 6.20 Å². The number of aromatic amines is 1. The zero-order valence-corrected chi connectivity index (χ0v) is 13.1. The van der Waals surface area contributed by atoms with Gasteiger partial charge in [-0.15, -0.1) is 0 Å². The van der Waals surface area contributed by atoms with Gasteiger partial charge in [0.25, 0.3) is 0 Å². The van der Waals surface area contributed by atoms with E-state index in [0.29, 0.717) is 6.42 Å². The highest BCUT2D eigenvalue weighted by Crippen LogP contribution is 2.16. The van der Waals surface area contributed by atoms with Crippen LogP contribution in [0.1, 0.15) is 31.2 Å². The average Bonchev–Trinajstić information content (AvgIpc) is 3.09. The molecule has 7 nitrogen and oxygen atoms in total. The third-order valence-electron chi connectivity index (χ3n) is 4.08. The highest BCUT2D eigenvalue weighted by atomic mass is 16.1. The van der Waals surface area contributed by atoms with Crippen LogP contribution in [0.15, 0.2) is 31.0 Å². The van der Waals surface area contributed by atoms with Crippen LogP contribution >= 0.6 is 0 Å². The Balaban J connectivity index is 1.43. The van der Waals surface area contributed by atoms with E-state index in [2.05, 4.69) is 30.4 Å². The molecule has 1 amide bonds.